The highest BCUT2D eigenvalue weighted by Crippen LogP contribution is 2.19. The fourth-order valence-electron chi connectivity index (χ4n) is 2.63. The summed E-state index contributed by atoms with van der Waals surface area (Å²) in [7, 11) is 4.32. The van der Waals surface area contributed by atoms with Gasteiger partial charge in [-0.25, -0.2) is 0 Å². The van der Waals surface area contributed by atoms with Gasteiger partial charge in [0, 0.05) is 17.8 Å². The van der Waals surface area contributed by atoms with Crippen molar-refractivity contribution in [3.05, 3.63) is 35.4 Å². The standard InChI is InChI=1S/C17H30N2S/c1-6-16(13-20-5)19(4)11-10-17(18-3)15-9-7-8-14(2)12-15/h7-9,12,16-18H,6,10-11,13H2,1-5H3. The van der Waals surface area contributed by atoms with Crippen LogP contribution in [0.5, 0.6) is 0 Å². The Bertz CT molecular complexity index is 381. The van der Waals surface area contributed by atoms with Crippen molar-refractivity contribution in [2.24, 2.45) is 0 Å². The van der Waals surface area contributed by atoms with Crippen molar-refractivity contribution in [1.29, 1.82) is 0 Å². The van der Waals surface area contributed by atoms with E-state index in [0.29, 0.717) is 12.1 Å². The summed E-state index contributed by atoms with van der Waals surface area (Å²) in [6, 6.07) is 9.98. The van der Waals surface area contributed by atoms with E-state index in [-0.39, 0.29) is 0 Å². The normalized spacial score (nSPS) is 14.5. The highest BCUT2D eigenvalue weighted by Gasteiger charge is 2.15. The summed E-state index contributed by atoms with van der Waals surface area (Å²) in [6.07, 6.45) is 4.58. The minimum absolute atomic E-state index is 0.448. The smallest absolute Gasteiger partial charge is 0.0329 e. The van der Waals surface area contributed by atoms with Gasteiger partial charge in [-0.05, 0) is 52.2 Å². The summed E-state index contributed by atoms with van der Waals surface area (Å²) in [4.78, 5) is 2.51. The fourth-order valence-corrected chi connectivity index (χ4v) is 3.50. The Kier molecular flexibility index (Phi) is 8.27. The molecule has 0 aromatic heterocycles. The minimum atomic E-state index is 0.448. The maximum atomic E-state index is 3.46. The van der Waals surface area contributed by atoms with Gasteiger partial charge in [0.2, 0.25) is 0 Å². The molecule has 0 spiro atoms. The third-order valence-corrected chi connectivity index (χ3v) is 4.74. The van der Waals surface area contributed by atoms with Crippen LogP contribution in [0.3, 0.4) is 0 Å². The Morgan fingerprint density at radius 3 is 2.65 bits per heavy atom. The van der Waals surface area contributed by atoms with Crippen LogP contribution >= 0.6 is 11.8 Å². The van der Waals surface area contributed by atoms with Crippen molar-refractivity contribution in [2.45, 2.75) is 38.8 Å². The second kappa shape index (κ2) is 9.43. The predicted octanol–water partition coefficient (Wildman–Crippen LogP) is 3.72. The summed E-state index contributed by atoms with van der Waals surface area (Å²) in [5.41, 5.74) is 2.74. The quantitative estimate of drug-likeness (QED) is 0.747. The van der Waals surface area contributed by atoms with Crippen molar-refractivity contribution < 1.29 is 0 Å². The van der Waals surface area contributed by atoms with E-state index < -0.39 is 0 Å². The molecule has 1 rings (SSSR count). The van der Waals surface area contributed by atoms with Crippen molar-refractivity contribution in [3.8, 4) is 0 Å². The molecule has 114 valence electrons. The van der Waals surface area contributed by atoms with Gasteiger partial charge in [0.1, 0.15) is 0 Å². The van der Waals surface area contributed by atoms with Crippen LogP contribution in [0.2, 0.25) is 0 Å². The van der Waals surface area contributed by atoms with E-state index >= 15 is 0 Å². The molecule has 2 unspecified atom stereocenters. The SMILES string of the molecule is CCC(CSC)N(C)CCC(NC)c1cccc(C)c1. The van der Waals surface area contributed by atoms with Gasteiger partial charge in [0.15, 0.2) is 0 Å². The first-order chi connectivity index (χ1) is 9.62. The molecule has 0 aliphatic heterocycles. The lowest BCUT2D eigenvalue weighted by Gasteiger charge is -2.28. The minimum Gasteiger partial charge on any atom is -0.313 e. The van der Waals surface area contributed by atoms with Gasteiger partial charge >= 0.3 is 0 Å². The highest BCUT2D eigenvalue weighted by molar-refractivity contribution is 7.98. The fraction of sp³-hybridized carbons (Fsp3) is 0.647. The predicted molar refractivity (Wildman–Crippen MR) is 92.7 cm³/mol. The maximum Gasteiger partial charge on any atom is 0.0329 e. The molecule has 0 saturated carbocycles. The number of hydrogen-bond acceptors (Lipinski definition) is 3. The van der Waals surface area contributed by atoms with Gasteiger partial charge in [-0.3, -0.25) is 0 Å². The van der Waals surface area contributed by atoms with Gasteiger partial charge in [0.25, 0.3) is 0 Å². The Hall–Kier alpha value is -0.510. The van der Waals surface area contributed by atoms with Crippen LogP contribution in [0.1, 0.15) is 36.9 Å². The molecule has 0 saturated heterocycles. The van der Waals surface area contributed by atoms with Crippen LogP contribution in [0.25, 0.3) is 0 Å². The average Bonchev–Trinajstić information content (AvgIpc) is 2.45. The molecule has 0 aliphatic rings. The molecule has 0 amide bonds. The zero-order chi connectivity index (χ0) is 15.0. The Morgan fingerprint density at radius 1 is 1.35 bits per heavy atom. The lowest BCUT2D eigenvalue weighted by Crippen LogP contribution is -2.35. The summed E-state index contributed by atoms with van der Waals surface area (Å²) in [5.74, 6) is 1.22. The van der Waals surface area contributed by atoms with E-state index in [4.69, 9.17) is 0 Å². The molecular formula is C17H30N2S. The largest absolute Gasteiger partial charge is 0.313 e. The molecule has 0 aliphatic carbocycles. The summed E-state index contributed by atoms with van der Waals surface area (Å²) < 4.78 is 0. The molecule has 1 N–H and O–H groups in total. The zero-order valence-corrected chi connectivity index (χ0v) is 14.5. The second-order valence-corrected chi connectivity index (χ2v) is 6.45. The first kappa shape index (κ1) is 17.5. The average molecular weight is 295 g/mol. The first-order valence-electron chi connectivity index (χ1n) is 7.55. The third-order valence-electron chi connectivity index (χ3n) is 4.02. The van der Waals surface area contributed by atoms with E-state index in [9.17, 15) is 0 Å². The van der Waals surface area contributed by atoms with Crippen molar-refractivity contribution >= 4 is 11.8 Å². The van der Waals surface area contributed by atoms with Crippen LogP contribution in [-0.2, 0) is 0 Å². The maximum absolute atomic E-state index is 3.46. The van der Waals surface area contributed by atoms with Crippen LogP contribution in [0.15, 0.2) is 24.3 Å². The Labute approximate surface area is 129 Å². The van der Waals surface area contributed by atoms with E-state index in [1.165, 1.54) is 23.3 Å². The molecule has 0 heterocycles. The first-order valence-corrected chi connectivity index (χ1v) is 8.94. The van der Waals surface area contributed by atoms with Crippen LogP contribution in [0, 0.1) is 6.92 Å². The van der Waals surface area contributed by atoms with Crippen LogP contribution < -0.4 is 5.32 Å². The Morgan fingerprint density at radius 2 is 2.10 bits per heavy atom. The number of nitrogens with one attached hydrogen (secondary N) is 1. The van der Waals surface area contributed by atoms with Gasteiger partial charge in [-0.15, -0.1) is 0 Å². The molecule has 2 atom stereocenters. The van der Waals surface area contributed by atoms with Crippen LogP contribution in [-0.4, -0.2) is 43.6 Å². The van der Waals surface area contributed by atoms with Gasteiger partial charge < -0.3 is 10.2 Å². The highest BCUT2D eigenvalue weighted by atomic mass is 32.2. The van der Waals surface area contributed by atoms with E-state index in [1.807, 2.05) is 11.8 Å². The van der Waals surface area contributed by atoms with Gasteiger partial charge in [-0.1, -0.05) is 36.8 Å². The molecule has 2 nitrogen and oxygen atoms in total. The molecule has 0 radical (unpaired) electrons. The monoisotopic (exact) mass is 294 g/mol. The molecule has 3 heteroatoms. The summed E-state index contributed by atoms with van der Waals surface area (Å²) in [6.45, 7) is 5.58. The molecule has 0 fully saturated rings. The van der Waals surface area contributed by atoms with Crippen molar-refractivity contribution in [1.82, 2.24) is 10.2 Å². The molecule has 1 aromatic rings. The number of hydrogen-bond donors (Lipinski definition) is 1. The lowest BCUT2D eigenvalue weighted by atomic mass is 10.0. The summed E-state index contributed by atoms with van der Waals surface area (Å²) >= 11 is 1.94. The molecule has 20 heavy (non-hydrogen) atoms. The number of rotatable bonds is 9. The van der Waals surface area contributed by atoms with E-state index in [0.717, 1.165) is 13.0 Å². The van der Waals surface area contributed by atoms with E-state index in [2.05, 4.69) is 68.7 Å². The van der Waals surface area contributed by atoms with E-state index in [1.54, 1.807) is 0 Å². The van der Waals surface area contributed by atoms with Crippen molar-refractivity contribution in [3.63, 3.8) is 0 Å². The molecular weight excluding hydrogens is 264 g/mol. The Balaban J connectivity index is 2.57. The number of thioether (sulfide) groups is 1. The van der Waals surface area contributed by atoms with Crippen molar-refractivity contribution in [2.75, 3.05) is 32.6 Å². The number of nitrogens with zero attached hydrogens (tertiary/aromatic N) is 1. The number of aryl methyl sites for hydroxylation is 1. The van der Waals surface area contributed by atoms with Gasteiger partial charge in [-0.2, -0.15) is 11.8 Å². The zero-order valence-electron chi connectivity index (χ0n) is 13.6. The molecule has 1 aromatic carbocycles. The number of benzene rings is 1. The van der Waals surface area contributed by atoms with Crippen LogP contribution in [0.4, 0.5) is 0 Å². The second-order valence-electron chi connectivity index (χ2n) is 5.54. The topological polar surface area (TPSA) is 15.3 Å². The molecule has 0 bridgehead atoms. The third kappa shape index (κ3) is 5.47. The summed E-state index contributed by atoms with van der Waals surface area (Å²) in [5, 5.41) is 3.46. The van der Waals surface area contributed by atoms with Gasteiger partial charge in [0.05, 0.1) is 0 Å². The lowest BCUT2D eigenvalue weighted by molar-refractivity contribution is 0.242.